The van der Waals surface area contributed by atoms with Gasteiger partial charge in [0.05, 0.1) is 18.9 Å². The van der Waals surface area contributed by atoms with Gasteiger partial charge in [-0.2, -0.15) is 0 Å². The van der Waals surface area contributed by atoms with E-state index >= 15 is 0 Å². The van der Waals surface area contributed by atoms with Crippen molar-refractivity contribution in [3.63, 3.8) is 0 Å². The van der Waals surface area contributed by atoms with Crippen LogP contribution in [0.25, 0.3) is 5.70 Å². The third-order valence-electron chi connectivity index (χ3n) is 2.42. The van der Waals surface area contributed by atoms with Gasteiger partial charge in [0.25, 0.3) is 0 Å². The van der Waals surface area contributed by atoms with Crippen molar-refractivity contribution in [1.29, 1.82) is 0 Å². The summed E-state index contributed by atoms with van der Waals surface area (Å²) >= 11 is 4.25. The van der Waals surface area contributed by atoms with Crippen LogP contribution < -0.4 is 35.3 Å². The molecule has 0 amide bonds. The maximum atomic E-state index is 11.9. The van der Waals surface area contributed by atoms with Gasteiger partial charge in [-0.1, -0.05) is 18.2 Å². The Morgan fingerprint density at radius 1 is 1.14 bits per heavy atom. The van der Waals surface area contributed by atoms with Gasteiger partial charge in [0.15, 0.2) is 5.57 Å². The minimum Gasteiger partial charge on any atom is -1.00 e. The van der Waals surface area contributed by atoms with Crippen LogP contribution in [-0.2, 0) is 19.1 Å². The summed E-state index contributed by atoms with van der Waals surface area (Å²) in [5, 5.41) is 0. The Bertz CT molecular complexity index is 531. The number of nitrogens with two attached hydrogens (primary N) is 1. The maximum Gasteiger partial charge on any atom is 1.00 e. The summed E-state index contributed by atoms with van der Waals surface area (Å²) < 4.78 is 9.70. The molecule has 21 heavy (non-hydrogen) atoms. The average Bonchev–Trinajstić information content (AvgIpc) is 2.40. The van der Waals surface area contributed by atoms with E-state index in [1.165, 1.54) is 0 Å². The first-order chi connectivity index (χ1) is 9.52. The first kappa shape index (κ1) is 20.1. The quantitative estimate of drug-likeness (QED) is 0.180. The van der Waals surface area contributed by atoms with Gasteiger partial charge in [-0.05, 0) is 19.9 Å². The molecule has 0 aromatic heterocycles. The molecule has 0 heterocycles. The van der Waals surface area contributed by atoms with Crippen molar-refractivity contribution < 1.29 is 50.0 Å². The van der Waals surface area contributed by atoms with E-state index in [1.54, 1.807) is 38.1 Å². The molecule has 1 aromatic rings. The van der Waals surface area contributed by atoms with Gasteiger partial charge < -0.3 is 16.6 Å². The van der Waals surface area contributed by atoms with E-state index in [-0.39, 0.29) is 55.5 Å². The van der Waals surface area contributed by atoms with Gasteiger partial charge in [0.2, 0.25) is 0 Å². The molecule has 0 atom stereocenters. The van der Waals surface area contributed by atoms with Crippen molar-refractivity contribution in [2.24, 2.45) is 5.73 Å². The molecule has 0 aliphatic carbocycles. The fourth-order valence-electron chi connectivity index (χ4n) is 1.55. The predicted octanol–water partition coefficient (Wildman–Crippen LogP) is -1.11. The van der Waals surface area contributed by atoms with Crippen LogP contribution in [0.15, 0.2) is 34.7 Å². The number of ether oxygens (including phenoxy) is 2. The largest absolute Gasteiger partial charge is 1.00 e. The number of hydrogen-bond acceptors (Lipinski definition) is 6. The first-order valence-corrected chi connectivity index (χ1v) is 6.59. The zero-order valence-corrected chi connectivity index (χ0v) is 15.3. The second-order valence-corrected chi connectivity index (χ2v) is 4.23. The second kappa shape index (κ2) is 9.89. The molecular formula is C14H18NNaO4S. The van der Waals surface area contributed by atoms with E-state index in [2.05, 4.69) is 12.6 Å². The molecule has 2 N–H and O–H groups in total. The summed E-state index contributed by atoms with van der Waals surface area (Å²) in [7, 11) is 0. The van der Waals surface area contributed by atoms with Crippen LogP contribution in [0.5, 0.6) is 0 Å². The molecule has 0 fully saturated rings. The Morgan fingerprint density at radius 3 is 2.05 bits per heavy atom. The third-order valence-corrected chi connectivity index (χ3v) is 2.81. The Morgan fingerprint density at radius 2 is 1.62 bits per heavy atom. The van der Waals surface area contributed by atoms with Crippen LogP contribution in [-0.4, -0.2) is 25.2 Å². The van der Waals surface area contributed by atoms with Crippen LogP contribution in [0.3, 0.4) is 0 Å². The SMILES string of the molecule is CCOC(=O)C(C(=O)OCC)=C(N)c1ccccc1S.[H-].[Na+]. The molecule has 7 heteroatoms. The second-order valence-electron chi connectivity index (χ2n) is 3.75. The molecule has 110 valence electrons. The van der Waals surface area contributed by atoms with Crippen LogP contribution in [0.1, 0.15) is 20.8 Å². The molecule has 0 spiro atoms. The molecule has 0 radical (unpaired) electrons. The Hall–Kier alpha value is -0.950. The van der Waals surface area contributed by atoms with E-state index in [4.69, 9.17) is 15.2 Å². The number of carbonyl (C=O) groups excluding carboxylic acids is 2. The zero-order valence-electron chi connectivity index (χ0n) is 13.4. The van der Waals surface area contributed by atoms with Crippen LogP contribution >= 0.6 is 12.6 Å². The van der Waals surface area contributed by atoms with Crippen molar-refractivity contribution in [3.8, 4) is 0 Å². The summed E-state index contributed by atoms with van der Waals surface area (Å²) in [6, 6.07) is 6.87. The Kier molecular flexibility index (Phi) is 9.44. The standard InChI is InChI=1S/C14H17NO4S.Na.H/c1-3-18-13(16)11(14(17)19-4-2)12(15)9-7-5-6-8-10(9)20;;/h5-8,20H,3-4,15H2,1-2H3;;/q;+1;-1. The Balaban J connectivity index is 0. The summed E-state index contributed by atoms with van der Waals surface area (Å²) in [5.74, 6) is -1.61. The number of esters is 2. The van der Waals surface area contributed by atoms with Crippen LogP contribution in [0.2, 0.25) is 0 Å². The zero-order chi connectivity index (χ0) is 15.1. The topological polar surface area (TPSA) is 78.6 Å². The number of thiol groups is 1. The van der Waals surface area contributed by atoms with Gasteiger partial charge in [-0.3, -0.25) is 0 Å². The monoisotopic (exact) mass is 319 g/mol. The molecule has 0 saturated heterocycles. The van der Waals surface area contributed by atoms with Crippen molar-refractivity contribution in [2.75, 3.05) is 13.2 Å². The van der Waals surface area contributed by atoms with Gasteiger partial charge >= 0.3 is 41.5 Å². The third kappa shape index (κ3) is 5.39. The normalized spacial score (nSPS) is 9.29. The molecule has 1 rings (SSSR count). The van der Waals surface area contributed by atoms with E-state index in [0.29, 0.717) is 10.5 Å². The van der Waals surface area contributed by atoms with Gasteiger partial charge in [-0.15, -0.1) is 12.6 Å². The molecule has 5 nitrogen and oxygen atoms in total. The predicted molar refractivity (Wildman–Crippen MR) is 79.2 cm³/mol. The molecule has 0 unspecified atom stereocenters. The fraction of sp³-hybridized carbons (Fsp3) is 0.286. The molecule has 0 bridgehead atoms. The van der Waals surface area contributed by atoms with E-state index < -0.39 is 11.9 Å². The van der Waals surface area contributed by atoms with Gasteiger partial charge in [-0.25, -0.2) is 9.59 Å². The molecule has 0 aliphatic rings. The summed E-state index contributed by atoms with van der Waals surface area (Å²) in [6.45, 7) is 3.56. The van der Waals surface area contributed by atoms with Crippen molar-refractivity contribution in [1.82, 2.24) is 0 Å². The summed E-state index contributed by atoms with van der Waals surface area (Å²) in [6.07, 6.45) is 0. The Labute approximate surface area is 153 Å². The number of benzene rings is 1. The average molecular weight is 319 g/mol. The van der Waals surface area contributed by atoms with E-state index in [9.17, 15) is 9.59 Å². The number of carbonyl (C=O) groups is 2. The summed E-state index contributed by atoms with van der Waals surface area (Å²) in [4.78, 5) is 24.4. The number of rotatable bonds is 5. The van der Waals surface area contributed by atoms with Crippen LogP contribution in [0, 0.1) is 0 Å². The summed E-state index contributed by atoms with van der Waals surface area (Å²) in [5.41, 5.74) is 6.09. The molecule has 0 aliphatic heterocycles. The molecule has 0 saturated carbocycles. The van der Waals surface area contributed by atoms with Crippen molar-refractivity contribution >= 4 is 30.3 Å². The molecule has 1 aromatic carbocycles. The van der Waals surface area contributed by atoms with Gasteiger partial charge in [0, 0.05) is 10.5 Å². The molecular weight excluding hydrogens is 301 g/mol. The number of hydrogen-bond donors (Lipinski definition) is 2. The smallest absolute Gasteiger partial charge is 1.00 e. The maximum absolute atomic E-state index is 11.9. The van der Waals surface area contributed by atoms with Gasteiger partial charge in [0.1, 0.15) is 0 Å². The van der Waals surface area contributed by atoms with Crippen molar-refractivity contribution in [3.05, 3.63) is 35.4 Å². The van der Waals surface area contributed by atoms with E-state index in [0.717, 1.165) is 0 Å². The first-order valence-electron chi connectivity index (χ1n) is 6.15. The van der Waals surface area contributed by atoms with Crippen molar-refractivity contribution in [2.45, 2.75) is 18.7 Å². The minimum atomic E-state index is -0.806. The van der Waals surface area contributed by atoms with E-state index in [1.807, 2.05) is 0 Å². The fourth-order valence-corrected chi connectivity index (χ4v) is 1.83. The minimum absolute atomic E-state index is 0. The van der Waals surface area contributed by atoms with Crippen LogP contribution in [0.4, 0.5) is 0 Å².